The molecule has 0 aromatic heterocycles. The summed E-state index contributed by atoms with van der Waals surface area (Å²) in [5, 5.41) is 3.41. The number of nitrogens with one attached hydrogen (secondary N) is 1. The van der Waals surface area contributed by atoms with Crippen molar-refractivity contribution in [2.45, 2.75) is 50.7 Å². The third-order valence-electron chi connectivity index (χ3n) is 5.19. The molecule has 3 nitrogen and oxygen atoms in total. The van der Waals surface area contributed by atoms with Gasteiger partial charge in [-0.1, -0.05) is 0 Å². The maximum atomic E-state index is 12.7. The molecule has 0 aromatic rings. The van der Waals surface area contributed by atoms with E-state index in [2.05, 4.69) is 12.2 Å². The molecule has 3 saturated heterocycles. The van der Waals surface area contributed by atoms with Crippen LogP contribution >= 0.6 is 11.8 Å². The fourth-order valence-electron chi connectivity index (χ4n) is 3.91. The van der Waals surface area contributed by atoms with Crippen molar-refractivity contribution in [3.8, 4) is 0 Å². The van der Waals surface area contributed by atoms with Crippen LogP contribution in [0.15, 0.2) is 0 Å². The first-order valence-electron chi connectivity index (χ1n) is 7.69. The second kappa shape index (κ2) is 5.74. The maximum absolute atomic E-state index is 12.7. The Morgan fingerprint density at radius 3 is 2.79 bits per heavy atom. The highest BCUT2D eigenvalue weighted by molar-refractivity contribution is 7.99. The Kier molecular flexibility index (Phi) is 4.20. The predicted molar refractivity (Wildman–Crippen MR) is 78.5 cm³/mol. The lowest BCUT2D eigenvalue weighted by Crippen LogP contribution is -2.46. The molecule has 1 spiro atoms. The monoisotopic (exact) mass is 283 g/mol. The molecule has 19 heavy (non-hydrogen) atoms. The predicted octanol–water partition coefficient (Wildman–Crippen LogP) is 2.25. The Hall–Kier alpha value is -0.0600. The van der Waals surface area contributed by atoms with E-state index in [1.54, 1.807) is 0 Å². The van der Waals surface area contributed by atoms with Gasteiger partial charge in [-0.3, -0.25) is 4.79 Å². The van der Waals surface area contributed by atoms with Crippen LogP contribution in [0.2, 0.25) is 0 Å². The highest BCUT2D eigenvalue weighted by Gasteiger charge is 2.43. The van der Waals surface area contributed by atoms with Crippen molar-refractivity contribution in [2.75, 3.05) is 24.7 Å². The van der Waals surface area contributed by atoms with Gasteiger partial charge in [-0.2, -0.15) is 11.8 Å². The number of thioether (sulfide) groups is 1. The number of hydrogen-bond acceptors (Lipinski definition) is 4. The van der Waals surface area contributed by atoms with Crippen LogP contribution in [0.1, 0.15) is 39.0 Å². The second-order valence-electron chi connectivity index (χ2n) is 6.37. The first kappa shape index (κ1) is 13.9. The van der Waals surface area contributed by atoms with Gasteiger partial charge >= 0.3 is 0 Å². The zero-order chi connectivity index (χ0) is 13.3. The van der Waals surface area contributed by atoms with E-state index in [9.17, 15) is 4.79 Å². The number of carbonyl (C=O) groups excluding carboxylic acids is 1. The van der Waals surface area contributed by atoms with Gasteiger partial charge in [-0.25, -0.2) is 0 Å². The van der Waals surface area contributed by atoms with Crippen molar-refractivity contribution in [3.63, 3.8) is 0 Å². The molecule has 3 aliphatic heterocycles. The standard InChI is InChI=1S/C15H25NO2S/c1-11-13(2-6-16-11)14(17)12-3-7-18-15(10-12)4-8-19-9-5-15/h11-13,16H,2-10H2,1H3. The van der Waals surface area contributed by atoms with E-state index in [1.807, 2.05) is 11.8 Å². The van der Waals surface area contributed by atoms with Gasteiger partial charge in [0.1, 0.15) is 5.78 Å². The smallest absolute Gasteiger partial charge is 0.140 e. The Morgan fingerprint density at radius 1 is 1.32 bits per heavy atom. The minimum atomic E-state index is 0.0408. The third kappa shape index (κ3) is 2.86. The van der Waals surface area contributed by atoms with Crippen molar-refractivity contribution in [3.05, 3.63) is 0 Å². The van der Waals surface area contributed by atoms with Crippen LogP contribution in [0.25, 0.3) is 0 Å². The summed E-state index contributed by atoms with van der Waals surface area (Å²) in [7, 11) is 0. The molecule has 3 fully saturated rings. The summed E-state index contributed by atoms with van der Waals surface area (Å²) < 4.78 is 6.10. The molecule has 0 saturated carbocycles. The Balaban J connectivity index is 1.65. The lowest BCUT2D eigenvalue weighted by atomic mass is 9.76. The van der Waals surface area contributed by atoms with Gasteiger partial charge in [0, 0.05) is 24.5 Å². The van der Waals surface area contributed by atoms with Gasteiger partial charge in [-0.15, -0.1) is 0 Å². The number of rotatable bonds is 2. The number of Topliss-reactive ketones (excluding diaryl/α,β-unsaturated/α-hetero) is 1. The highest BCUT2D eigenvalue weighted by Crippen LogP contribution is 2.41. The summed E-state index contributed by atoms with van der Waals surface area (Å²) in [4.78, 5) is 12.7. The quantitative estimate of drug-likeness (QED) is 0.843. The number of carbonyl (C=O) groups is 1. The Morgan fingerprint density at radius 2 is 2.11 bits per heavy atom. The molecule has 3 aliphatic rings. The minimum absolute atomic E-state index is 0.0408. The van der Waals surface area contributed by atoms with Gasteiger partial charge in [-0.05, 0) is 57.1 Å². The van der Waals surface area contributed by atoms with Crippen molar-refractivity contribution in [1.29, 1.82) is 0 Å². The van der Waals surface area contributed by atoms with Crippen LogP contribution < -0.4 is 5.32 Å². The lowest BCUT2D eigenvalue weighted by Gasteiger charge is -2.43. The van der Waals surface area contributed by atoms with Crippen LogP contribution in [0.3, 0.4) is 0 Å². The molecule has 0 radical (unpaired) electrons. The highest BCUT2D eigenvalue weighted by atomic mass is 32.2. The van der Waals surface area contributed by atoms with Gasteiger partial charge in [0.05, 0.1) is 5.60 Å². The van der Waals surface area contributed by atoms with Gasteiger partial charge in [0.2, 0.25) is 0 Å². The van der Waals surface area contributed by atoms with Crippen LogP contribution in [0, 0.1) is 11.8 Å². The van der Waals surface area contributed by atoms with Crippen molar-refractivity contribution < 1.29 is 9.53 Å². The molecule has 3 heterocycles. The van der Waals surface area contributed by atoms with Gasteiger partial charge in [0.25, 0.3) is 0 Å². The summed E-state index contributed by atoms with van der Waals surface area (Å²) in [5.41, 5.74) is 0.0408. The van der Waals surface area contributed by atoms with E-state index >= 15 is 0 Å². The fraction of sp³-hybridized carbons (Fsp3) is 0.933. The Bertz CT molecular complexity index is 336. The first-order valence-corrected chi connectivity index (χ1v) is 8.84. The molecule has 3 unspecified atom stereocenters. The third-order valence-corrected chi connectivity index (χ3v) is 6.18. The van der Waals surface area contributed by atoms with Crippen molar-refractivity contribution in [2.24, 2.45) is 11.8 Å². The molecule has 3 rings (SSSR count). The summed E-state index contributed by atoms with van der Waals surface area (Å²) >= 11 is 2.02. The van der Waals surface area contributed by atoms with Crippen LogP contribution in [-0.2, 0) is 9.53 Å². The topological polar surface area (TPSA) is 38.3 Å². The molecule has 1 N–H and O–H groups in total. The number of ether oxygens (including phenoxy) is 1. The number of hydrogen-bond donors (Lipinski definition) is 1. The van der Waals surface area contributed by atoms with Gasteiger partial charge < -0.3 is 10.1 Å². The SMILES string of the molecule is CC1NCCC1C(=O)C1CCOC2(CCSCC2)C1. The molecule has 3 atom stereocenters. The summed E-state index contributed by atoms with van der Waals surface area (Å²) in [6, 6.07) is 0.369. The number of ketones is 1. The van der Waals surface area contributed by atoms with E-state index in [1.165, 1.54) is 11.5 Å². The fourth-order valence-corrected chi connectivity index (χ4v) is 5.15. The van der Waals surface area contributed by atoms with Crippen LogP contribution in [-0.4, -0.2) is 42.1 Å². The molecule has 0 aliphatic carbocycles. The first-order chi connectivity index (χ1) is 9.20. The Labute approximate surface area is 120 Å². The minimum Gasteiger partial charge on any atom is -0.375 e. The van der Waals surface area contributed by atoms with Crippen LogP contribution in [0.5, 0.6) is 0 Å². The molecule has 4 heteroatoms. The molecule has 0 bridgehead atoms. The van der Waals surface area contributed by atoms with E-state index in [-0.39, 0.29) is 17.4 Å². The molecular weight excluding hydrogens is 258 g/mol. The van der Waals surface area contributed by atoms with Crippen molar-refractivity contribution in [1.82, 2.24) is 5.32 Å². The van der Waals surface area contributed by atoms with E-state index in [4.69, 9.17) is 4.74 Å². The van der Waals surface area contributed by atoms with Crippen LogP contribution in [0.4, 0.5) is 0 Å². The largest absolute Gasteiger partial charge is 0.375 e. The van der Waals surface area contributed by atoms with Gasteiger partial charge in [0.15, 0.2) is 0 Å². The average molecular weight is 283 g/mol. The lowest BCUT2D eigenvalue weighted by molar-refractivity contribution is -0.142. The molecule has 0 amide bonds. The zero-order valence-electron chi connectivity index (χ0n) is 11.8. The average Bonchev–Trinajstić information content (AvgIpc) is 2.85. The normalized spacial score (nSPS) is 38.5. The molecule has 108 valence electrons. The summed E-state index contributed by atoms with van der Waals surface area (Å²) in [5.74, 6) is 3.41. The zero-order valence-corrected chi connectivity index (χ0v) is 12.6. The van der Waals surface area contributed by atoms with Crippen molar-refractivity contribution >= 4 is 17.5 Å². The molecular formula is C15H25NO2S. The second-order valence-corrected chi connectivity index (χ2v) is 7.60. The maximum Gasteiger partial charge on any atom is 0.140 e. The summed E-state index contributed by atoms with van der Waals surface area (Å²) in [6.45, 7) is 3.94. The van der Waals surface area contributed by atoms with E-state index in [0.29, 0.717) is 11.8 Å². The molecule has 0 aromatic carbocycles. The summed E-state index contributed by atoms with van der Waals surface area (Å²) in [6.07, 6.45) is 5.23. The van der Waals surface area contributed by atoms with E-state index in [0.717, 1.165) is 45.3 Å². The van der Waals surface area contributed by atoms with E-state index < -0.39 is 0 Å².